The van der Waals surface area contributed by atoms with Crippen LogP contribution in [0.2, 0.25) is 0 Å². The topological polar surface area (TPSA) is 61.4 Å². The second-order valence-corrected chi connectivity index (χ2v) is 5.37. The van der Waals surface area contributed by atoms with Gasteiger partial charge in [-0.1, -0.05) is 19.3 Å². The Labute approximate surface area is 120 Å². The lowest BCUT2D eigenvalue weighted by atomic mass is 9.95. The van der Waals surface area contributed by atoms with Crippen LogP contribution in [0.3, 0.4) is 0 Å². The minimum Gasteiger partial charge on any atom is -0.353 e. The summed E-state index contributed by atoms with van der Waals surface area (Å²) in [6.07, 6.45) is 6.11. The molecule has 1 aliphatic heterocycles. The molecule has 0 bridgehead atoms. The van der Waals surface area contributed by atoms with Gasteiger partial charge in [0.15, 0.2) is 0 Å². The van der Waals surface area contributed by atoms with E-state index in [1.165, 1.54) is 19.3 Å². The predicted octanol–water partition coefficient (Wildman–Crippen LogP) is 0.677. The Morgan fingerprint density at radius 1 is 1.37 bits per heavy atom. The predicted molar refractivity (Wildman–Crippen MR) is 76.3 cm³/mol. The first-order valence-electron chi connectivity index (χ1n) is 6.94. The van der Waals surface area contributed by atoms with Crippen molar-refractivity contribution in [1.82, 2.24) is 15.5 Å². The van der Waals surface area contributed by atoms with Crippen molar-refractivity contribution >= 4 is 24.2 Å². The summed E-state index contributed by atoms with van der Waals surface area (Å²) in [6.45, 7) is 1.49. The van der Waals surface area contributed by atoms with Gasteiger partial charge in [0.25, 0.3) is 0 Å². The van der Waals surface area contributed by atoms with E-state index in [0.717, 1.165) is 25.9 Å². The normalized spacial score (nSPS) is 24.8. The number of nitrogens with one attached hydrogen (secondary N) is 2. The molecule has 1 aliphatic carbocycles. The summed E-state index contributed by atoms with van der Waals surface area (Å²) in [7, 11) is 1.79. The van der Waals surface area contributed by atoms with Crippen LogP contribution in [0.15, 0.2) is 0 Å². The van der Waals surface area contributed by atoms with Crippen LogP contribution in [-0.4, -0.2) is 48.9 Å². The molecule has 0 aromatic carbocycles. The highest BCUT2D eigenvalue weighted by molar-refractivity contribution is 5.88. The molecule has 1 atom stereocenters. The van der Waals surface area contributed by atoms with Gasteiger partial charge < -0.3 is 15.5 Å². The monoisotopic (exact) mass is 289 g/mol. The molecule has 1 saturated carbocycles. The highest BCUT2D eigenvalue weighted by atomic mass is 35.5. The molecule has 1 saturated heterocycles. The highest BCUT2D eigenvalue weighted by Crippen LogP contribution is 2.17. The molecule has 2 aliphatic rings. The third-order valence-corrected chi connectivity index (χ3v) is 3.87. The maximum atomic E-state index is 11.9. The largest absolute Gasteiger partial charge is 0.353 e. The molecule has 2 rings (SSSR count). The van der Waals surface area contributed by atoms with E-state index in [1.807, 2.05) is 0 Å². The molecule has 110 valence electrons. The molecule has 19 heavy (non-hydrogen) atoms. The van der Waals surface area contributed by atoms with Crippen LogP contribution in [0, 0.1) is 0 Å². The Balaban J connectivity index is 0.00000180. The van der Waals surface area contributed by atoms with Crippen LogP contribution < -0.4 is 10.6 Å². The fourth-order valence-electron chi connectivity index (χ4n) is 2.75. The number of carbonyl (C=O) groups is 2. The maximum absolute atomic E-state index is 11.9. The lowest BCUT2D eigenvalue weighted by Gasteiger charge is -2.30. The van der Waals surface area contributed by atoms with Gasteiger partial charge in [0.05, 0.1) is 12.5 Å². The van der Waals surface area contributed by atoms with E-state index in [-0.39, 0.29) is 36.7 Å². The lowest BCUT2D eigenvalue weighted by molar-refractivity contribution is -0.137. The van der Waals surface area contributed by atoms with Crippen LogP contribution in [0.1, 0.15) is 38.5 Å². The van der Waals surface area contributed by atoms with Gasteiger partial charge in [-0.3, -0.25) is 9.59 Å². The zero-order valence-electron chi connectivity index (χ0n) is 11.5. The standard InChI is InChI=1S/C13H23N3O2.ClH/c1-16-8-7-14-11(13(16)18)9-12(17)15-10-5-3-2-4-6-10;/h10-11,14H,2-9H2,1H3,(H,15,17);1H. The van der Waals surface area contributed by atoms with Crippen molar-refractivity contribution in [2.75, 3.05) is 20.1 Å². The van der Waals surface area contributed by atoms with Crippen molar-refractivity contribution in [3.8, 4) is 0 Å². The first kappa shape index (κ1) is 16.2. The van der Waals surface area contributed by atoms with E-state index in [9.17, 15) is 9.59 Å². The molecule has 1 heterocycles. The number of likely N-dealkylation sites (N-methyl/N-ethyl adjacent to an activating group) is 1. The molecule has 0 radical (unpaired) electrons. The second kappa shape index (κ2) is 7.70. The van der Waals surface area contributed by atoms with Gasteiger partial charge >= 0.3 is 0 Å². The minimum atomic E-state index is -0.340. The summed E-state index contributed by atoms with van der Waals surface area (Å²) < 4.78 is 0. The third kappa shape index (κ3) is 4.66. The zero-order valence-corrected chi connectivity index (χ0v) is 12.3. The van der Waals surface area contributed by atoms with Crippen LogP contribution in [0.4, 0.5) is 0 Å². The molecular weight excluding hydrogens is 266 g/mol. The molecular formula is C13H24ClN3O2. The van der Waals surface area contributed by atoms with Crippen LogP contribution in [0.25, 0.3) is 0 Å². The van der Waals surface area contributed by atoms with Crippen molar-refractivity contribution in [1.29, 1.82) is 0 Å². The highest BCUT2D eigenvalue weighted by Gasteiger charge is 2.28. The lowest BCUT2D eigenvalue weighted by Crippen LogP contribution is -2.55. The fraction of sp³-hybridized carbons (Fsp3) is 0.846. The Morgan fingerprint density at radius 2 is 2.05 bits per heavy atom. The number of nitrogens with zero attached hydrogens (tertiary/aromatic N) is 1. The first-order chi connectivity index (χ1) is 8.66. The van der Waals surface area contributed by atoms with E-state index < -0.39 is 0 Å². The minimum absolute atomic E-state index is 0. The summed E-state index contributed by atoms with van der Waals surface area (Å²) in [6, 6.07) is -0.0185. The van der Waals surface area contributed by atoms with E-state index >= 15 is 0 Å². The van der Waals surface area contributed by atoms with Crippen LogP contribution in [0.5, 0.6) is 0 Å². The molecule has 2 amide bonds. The number of rotatable bonds is 3. The van der Waals surface area contributed by atoms with Crippen molar-refractivity contribution < 1.29 is 9.59 Å². The summed E-state index contributed by atoms with van der Waals surface area (Å²) in [5.41, 5.74) is 0. The van der Waals surface area contributed by atoms with Gasteiger partial charge in [-0.15, -0.1) is 12.4 Å². The summed E-state index contributed by atoms with van der Waals surface area (Å²) in [5, 5.41) is 6.17. The number of hydrogen-bond donors (Lipinski definition) is 2. The zero-order chi connectivity index (χ0) is 13.0. The Bertz CT molecular complexity index is 319. The molecule has 1 unspecified atom stereocenters. The smallest absolute Gasteiger partial charge is 0.240 e. The third-order valence-electron chi connectivity index (χ3n) is 3.87. The Kier molecular flexibility index (Phi) is 6.58. The summed E-state index contributed by atoms with van der Waals surface area (Å²) >= 11 is 0. The number of halogens is 1. The van der Waals surface area contributed by atoms with E-state index in [0.29, 0.717) is 6.04 Å². The number of piperazine rings is 1. The molecule has 5 nitrogen and oxygen atoms in total. The maximum Gasteiger partial charge on any atom is 0.240 e. The second-order valence-electron chi connectivity index (χ2n) is 5.37. The molecule has 0 aromatic heterocycles. The van der Waals surface area contributed by atoms with E-state index in [1.54, 1.807) is 11.9 Å². The fourth-order valence-corrected chi connectivity index (χ4v) is 2.75. The van der Waals surface area contributed by atoms with Gasteiger partial charge in [0.2, 0.25) is 11.8 Å². The van der Waals surface area contributed by atoms with Gasteiger partial charge in [0, 0.05) is 26.2 Å². The average molecular weight is 290 g/mol. The first-order valence-corrected chi connectivity index (χ1v) is 6.94. The van der Waals surface area contributed by atoms with Crippen LogP contribution >= 0.6 is 12.4 Å². The molecule has 6 heteroatoms. The molecule has 0 spiro atoms. The van der Waals surface area contributed by atoms with Crippen molar-refractivity contribution in [2.45, 2.75) is 50.6 Å². The van der Waals surface area contributed by atoms with Crippen molar-refractivity contribution in [3.05, 3.63) is 0 Å². The van der Waals surface area contributed by atoms with E-state index in [4.69, 9.17) is 0 Å². The number of amides is 2. The number of carbonyl (C=O) groups excluding carboxylic acids is 2. The van der Waals surface area contributed by atoms with Crippen molar-refractivity contribution in [3.63, 3.8) is 0 Å². The van der Waals surface area contributed by atoms with Gasteiger partial charge in [-0.25, -0.2) is 0 Å². The van der Waals surface area contributed by atoms with E-state index in [2.05, 4.69) is 10.6 Å². The Hall–Kier alpha value is -0.810. The molecule has 0 aromatic rings. The van der Waals surface area contributed by atoms with Gasteiger partial charge in [-0.2, -0.15) is 0 Å². The van der Waals surface area contributed by atoms with Crippen LogP contribution in [-0.2, 0) is 9.59 Å². The summed E-state index contributed by atoms with van der Waals surface area (Å²) in [4.78, 5) is 25.4. The van der Waals surface area contributed by atoms with Gasteiger partial charge in [-0.05, 0) is 12.8 Å². The Morgan fingerprint density at radius 3 is 2.74 bits per heavy atom. The SMILES string of the molecule is CN1CCNC(CC(=O)NC2CCCCC2)C1=O.Cl. The molecule has 2 fully saturated rings. The van der Waals surface area contributed by atoms with Gasteiger partial charge in [0.1, 0.15) is 0 Å². The summed E-state index contributed by atoms with van der Waals surface area (Å²) in [5.74, 6) is 0.0306. The quantitative estimate of drug-likeness (QED) is 0.803. The molecule has 2 N–H and O–H groups in total. The number of hydrogen-bond acceptors (Lipinski definition) is 3. The average Bonchev–Trinajstić information content (AvgIpc) is 2.36. The van der Waals surface area contributed by atoms with Crippen molar-refractivity contribution in [2.24, 2.45) is 0 Å².